The second-order valence-electron chi connectivity index (χ2n) is 7.03. The van der Waals surface area contributed by atoms with Crippen LogP contribution in [0.3, 0.4) is 0 Å². The van der Waals surface area contributed by atoms with Gasteiger partial charge in [-0.2, -0.15) is 0 Å². The quantitative estimate of drug-likeness (QED) is 0.671. The lowest BCUT2D eigenvalue weighted by Gasteiger charge is -2.24. The van der Waals surface area contributed by atoms with E-state index >= 15 is 0 Å². The number of aryl methyl sites for hydroxylation is 1. The van der Waals surface area contributed by atoms with Crippen LogP contribution in [0.15, 0.2) is 35.4 Å². The zero-order chi connectivity index (χ0) is 19.1. The van der Waals surface area contributed by atoms with E-state index in [-0.39, 0.29) is 5.56 Å². The van der Waals surface area contributed by atoms with Crippen molar-refractivity contribution in [2.24, 2.45) is 0 Å². The molecule has 0 radical (unpaired) electrons. The summed E-state index contributed by atoms with van der Waals surface area (Å²) in [4.78, 5) is 26.2. The Bertz CT molecular complexity index is 1090. The third kappa shape index (κ3) is 2.85. The first-order valence-electron chi connectivity index (χ1n) is 9.35. The second kappa shape index (κ2) is 6.65. The molecule has 5 rings (SSSR count). The largest absolute Gasteiger partial charge is 0.467 e. The SMILES string of the molecule is COc1ncc(-c2ccc3c(=O)n4c(nc3c2)CCC2(CC4)OCCO2)cn1. The van der Waals surface area contributed by atoms with Gasteiger partial charge in [0.25, 0.3) is 5.56 Å². The van der Waals surface area contributed by atoms with E-state index in [0.29, 0.717) is 55.9 Å². The first kappa shape index (κ1) is 17.3. The second-order valence-corrected chi connectivity index (χ2v) is 7.03. The van der Waals surface area contributed by atoms with Crippen LogP contribution >= 0.6 is 0 Å². The molecule has 0 saturated carbocycles. The Hall–Kier alpha value is -2.84. The van der Waals surface area contributed by atoms with Crippen LogP contribution in [0.25, 0.3) is 22.0 Å². The van der Waals surface area contributed by atoms with Crippen LogP contribution in [0.4, 0.5) is 0 Å². The van der Waals surface area contributed by atoms with Crippen LogP contribution in [-0.2, 0) is 22.4 Å². The van der Waals surface area contributed by atoms with Crippen molar-refractivity contribution >= 4 is 10.9 Å². The molecule has 8 heteroatoms. The predicted molar refractivity (Wildman–Crippen MR) is 101 cm³/mol. The van der Waals surface area contributed by atoms with Gasteiger partial charge < -0.3 is 14.2 Å². The minimum absolute atomic E-state index is 0.0208. The maximum Gasteiger partial charge on any atom is 0.316 e. The number of benzene rings is 1. The molecule has 4 heterocycles. The molecule has 0 bridgehead atoms. The van der Waals surface area contributed by atoms with E-state index in [1.54, 1.807) is 17.0 Å². The summed E-state index contributed by atoms with van der Waals surface area (Å²) >= 11 is 0. The summed E-state index contributed by atoms with van der Waals surface area (Å²) in [5.41, 5.74) is 2.40. The molecule has 3 aromatic rings. The monoisotopic (exact) mass is 380 g/mol. The standard InChI is InChI=1S/C20H20N4O4/c1-26-19-21-11-14(12-22-19)13-2-3-15-16(10-13)23-17-4-5-20(27-8-9-28-20)6-7-24(17)18(15)25/h2-3,10-12H,4-9H2,1H3. The van der Waals surface area contributed by atoms with Crippen molar-refractivity contribution in [1.82, 2.24) is 19.5 Å². The maximum atomic E-state index is 13.1. The van der Waals surface area contributed by atoms with Gasteiger partial charge in [-0.05, 0) is 17.7 Å². The Labute approximate surface area is 161 Å². The zero-order valence-electron chi connectivity index (χ0n) is 15.6. The van der Waals surface area contributed by atoms with Crippen LogP contribution in [0, 0.1) is 0 Å². The summed E-state index contributed by atoms with van der Waals surface area (Å²) in [5.74, 6) is 0.203. The van der Waals surface area contributed by atoms with E-state index in [4.69, 9.17) is 19.2 Å². The van der Waals surface area contributed by atoms with E-state index in [1.165, 1.54) is 7.11 Å². The van der Waals surface area contributed by atoms with Crippen molar-refractivity contribution in [3.8, 4) is 17.1 Å². The van der Waals surface area contributed by atoms with E-state index in [0.717, 1.165) is 17.0 Å². The first-order valence-corrected chi connectivity index (χ1v) is 9.35. The number of hydrogen-bond acceptors (Lipinski definition) is 7. The Morgan fingerprint density at radius 1 is 1.11 bits per heavy atom. The van der Waals surface area contributed by atoms with Gasteiger partial charge in [0.15, 0.2) is 5.79 Å². The van der Waals surface area contributed by atoms with Crippen molar-refractivity contribution in [3.63, 3.8) is 0 Å². The van der Waals surface area contributed by atoms with Crippen molar-refractivity contribution in [2.75, 3.05) is 20.3 Å². The predicted octanol–water partition coefficient (Wildman–Crippen LogP) is 1.94. The Kier molecular flexibility index (Phi) is 4.10. The maximum absolute atomic E-state index is 13.1. The Balaban J connectivity index is 1.55. The van der Waals surface area contributed by atoms with Crippen molar-refractivity contribution in [3.05, 3.63) is 46.8 Å². The highest BCUT2D eigenvalue weighted by molar-refractivity contribution is 5.83. The van der Waals surface area contributed by atoms with Crippen molar-refractivity contribution in [2.45, 2.75) is 31.6 Å². The molecule has 2 aromatic heterocycles. The number of methoxy groups -OCH3 is 1. The van der Waals surface area contributed by atoms with Gasteiger partial charge in [0, 0.05) is 43.8 Å². The first-order chi connectivity index (χ1) is 13.7. The van der Waals surface area contributed by atoms with Gasteiger partial charge >= 0.3 is 6.01 Å². The molecule has 1 fully saturated rings. The Morgan fingerprint density at radius 3 is 2.64 bits per heavy atom. The van der Waals surface area contributed by atoms with Crippen LogP contribution in [0.1, 0.15) is 18.7 Å². The van der Waals surface area contributed by atoms with Gasteiger partial charge in [0.2, 0.25) is 0 Å². The number of ether oxygens (including phenoxy) is 3. The zero-order valence-corrected chi connectivity index (χ0v) is 15.6. The highest BCUT2D eigenvalue weighted by Crippen LogP contribution is 2.32. The van der Waals surface area contributed by atoms with Gasteiger partial charge in [0.1, 0.15) is 5.82 Å². The van der Waals surface area contributed by atoms with Crippen LogP contribution in [0.5, 0.6) is 6.01 Å². The molecule has 1 aromatic carbocycles. The van der Waals surface area contributed by atoms with Gasteiger partial charge in [-0.25, -0.2) is 15.0 Å². The summed E-state index contributed by atoms with van der Waals surface area (Å²) in [6, 6.07) is 5.94. The molecule has 1 saturated heterocycles. The minimum atomic E-state index is -0.572. The molecule has 2 aliphatic heterocycles. The number of fused-ring (bicyclic) bond motifs is 2. The van der Waals surface area contributed by atoms with E-state index in [1.807, 2.05) is 18.2 Å². The average Bonchev–Trinajstić information content (AvgIpc) is 3.12. The molecule has 0 aliphatic carbocycles. The van der Waals surface area contributed by atoms with E-state index in [9.17, 15) is 4.79 Å². The smallest absolute Gasteiger partial charge is 0.316 e. The number of aromatic nitrogens is 4. The van der Waals surface area contributed by atoms with Gasteiger partial charge in [-0.3, -0.25) is 9.36 Å². The van der Waals surface area contributed by atoms with Crippen LogP contribution < -0.4 is 10.3 Å². The molecule has 2 aliphatic rings. The normalized spacial score (nSPS) is 18.2. The lowest BCUT2D eigenvalue weighted by atomic mass is 10.1. The summed E-state index contributed by atoms with van der Waals surface area (Å²) < 4.78 is 18.4. The van der Waals surface area contributed by atoms with Gasteiger partial charge in [-0.1, -0.05) is 6.07 Å². The van der Waals surface area contributed by atoms with Crippen molar-refractivity contribution in [1.29, 1.82) is 0 Å². The molecule has 0 amide bonds. The molecular weight excluding hydrogens is 360 g/mol. The van der Waals surface area contributed by atoms with Gasteiger partial charge in [0.05, 0.1) is 31.2 Å². The highest BCUT2D eigenvalue weighted by Gasteiger charge is 2.38. The molecule has 28 heavy (non-hydrogen) atoms. The lowest BCUT2D eigenvalue weighted by molar-refractivity contribution is -0.165. The van der Waals surface area contributed by atoms with Gasteiger partial charge in [-0.15, -0.1) is 0 Å². The Morgan fingerprint density at radius 2 is 1.89 bits per heavy atom. The third-order valence-electron chi connectivity index (χ3n) is 5.44. The number of nitrogens with zero attached hydrogens (tertiary/aromatic N) is 4. The summed E-state index contributed by atoms with van der Waals surface area (Å²) in [6.45, 7) is 1.76. The summed E-state index contributed by atoms with van der Waals surface area (Å²) in [5, 5.41) is 0.603. The molecule has 0 atom stereocenters. The topological polar surface area (TPSA) is 88.4 Å². The van der Waals surface area contributed by atoms with E-state index in [2.05, 4.69) is 9.97 Å². The molecule has 0 N–H and O–H groups in total. The molecular formula is C20H20N4O4. The number of hydrogen-bond donors (Lipinski definition) is 0. The summed E-state index contributed by atoms with van der Waals surface area (Å²) in [7, 11) is 1.53. The fourth-order valence-electron chi connectivity index (χ4n) is 3.93. The van der Waals surface area contributed by atoms with Crippen LogP contribution in [-0.4, -0.2) is 45.6 Å². The lowest BCUT2D eigenvalue weighted by Crippen LogP contribution is -2.31. The summed E-state index contributed by atoms with van der Waals surface area (Å²) in [6.07, 6.45) is 5.40. The van der Waals surface area contributed by atoms with Crippen molar-refractivity contribution < 1.29 is 14.2 Å². The minimum Gasteiger partial charge on any atom is -0.467 e. The highest BCUT2D eigenvalue weighted by atomic mass is 16.7. The molecule has 1 spiro atoms. The fraction of sp³-hybridized carbons (Fsp3) is 0.400. The molecule has 8 nitrogen and oxygen atoms in total. The molecule has 144 valence electrons. The fourth-order valence-corrected chi connectivity index (χ4v) is 3.93. The average molecular weight is 380 g/mol. The number of rotatable bonds is 2. The van der Waals surface area contributed by atoms with Crippen LogP contribution in [0.2, 0.25) is 0 Å². The van der Waals surface area contributed by atoms with E-state index < -0.39 is 5.79 Å². The molecule has 0 unspecified atom stereocenters. The third-order valence-corrected chi connectivity index (χ3v) is 5.44.